The smallest absolute Gasteiger partial charge is 0.242 e. The Morgan fingerprint density at radius 3 is 1.71 bits per heavy atom. The fourth-order valence-corrected chi connectivity index (χ4v) is 2.87. The fraction of sp³-hybridized carbons (Fsp3) is 1.00. The van der Waals surface area contributed by atoms with Gasteiger partial charge in [0.15, 0.2) is 0 Å². The summed E-state index contributed by atoms with van der Waals surface area (Å²) in [7, 11) is 0. The van der Waals surface area contributed by atoms with Crippen molar-refractivity contribution in [1.29, 1.82) is 0 Å². The summed E-state index contributed by atoms with van der Waals surface area (Å²) in [5.74, 6) is -0.139. The summed E-state index contributed by atoms with van der Waals surface area (Å²) < 4.78 is 37.2. The molecule has 0 aromatic heterocycles. The molecule has 2 saturated heterocycles. The Morgan fingerprint density at radius 2 is 1.48 bits per heavy atom. The summed E-state index contributed by atoms with van der Waals surface area (Å²) in [6, 6.07) is 0.918. The molecule has 0 bridgehead atoms. The SMILES string of the molecule is CC(C)N1CCC(C(F)F)C1.CC1CN(C(C)C)CC1F. The number of alkyl halides is 3. The Balaban J connectivity index is 0.000000211. The molecule has 0 spiro atoms. The second kappa shape index (κ2) is 8.37. The molecule has 126 valence electrons. The topological polar surface area (TPSA) is 6.48 Å². The fourth-order valence-electron chi connectivity index (χ4n) is 2.87. The Morgan fingerprint density at radius 1 is 0.905 bits per heavy atom. The highest BCUT2D eigenvalue weighted by Crippen LogP contribution is 2.23. The molecule has 0 aromatic carbocycles. The van der Waals surface area contributed by atoms with Crippen LogP contribution < -0.4 is 0 Å². The minimum absolute atomic E-state index is 0.238. The van der Waals surface area contributed by atoms with Crippen LogP contribution in [0.5, 0.6) is 0 Å². The third kappa shape index (κ3) is 5.78. The molecule has 2 rings (SSSR count). The van der Waals surface area contributed by atoms with E-state index in [2.05, 4.69) is 23.6 Å². The van der Waals surface area contributed by atoms with E-state index >= 15 is 0 Å². The minimum atomic E-state index is -2.13. The predicted octanol–water partition coefficient (Wildman–Crippen LogP) is 3.67. The van der Waals surface area contributed by atoms with Crippen molar-refractivity contribution in [3.63, 3.8) is 0 Å². The van der Waals surface area contributed by atoms with Crippen LogP contribution in [0.4, 0.5) is 13.2 Å². The van der Waals surface area contributed by atoms with Crippen molar-refractivity contribution in [2.24, 2.45) is 11.8 Å². The Labute approximate surface area is 127 Å². The molecule has 2 nitrogen and oxygen atoms in total. The number of halogens is 3. The van der Waals surface area contributed by atoms with Crippen LogP contribution in [0.2, 0.25) is 0 Å². The van der Waals surface area contributed by atoms with Crippen LogP contribution in [0.1, 0.15) is 41.0 Å². The largest absolute Gasteiger partial charge is 0.300 e. The molecule has 0 aromatic rings. The van der Waals surface area contributed by atoms with Gasteiger partial charge in [-0.15, -0.1) is 0 Å². The standard InChI is InChI=1S/C8H15F2N.C8H16FN/c1-6(2)11-4-3-7(5-11)8(9)10;1-6(2)10-4-7(3)8(9)5-10/h6-8H,3-5H2,1-2H3;6-8H,4-5H2,1-3H3. The van der Waals surface area contributed by atoms with E-state index in [4.69, 9.17) is 0 Å². The van der Waals surface area contributed by atoms with Crippen LogP contribution in [0.25, 0.3) is 0 Å². The summed E-state index contributed by atoms with van der Waals surface area (Å²) >= 11 is 0. The van der Waals surface area contributed by atoms with E-state index in [1.807, 2.05) is 20.8 Å². The van der Waals surface area contributed by atoms with E-state index in [9.17, 15) is 13.2 Å². The van der Waals surface area contributed by atoms with Crippen molar-refractivity contribution in [1.82, 2.24) is 9.80 Å². The quantitative estimate of drug-likeness (QED) is 0.785. The van der Waals surface area contributed by atoms with Crippen molar-refractivity contribution < 1.29 is 13.2 Å². The first-order valence-corrected chi connectivity index (χ1v) is 8.12. The van der Waals surface area contributed by atoms with E-state index in [1.165, 1.54) is 0 Å². The van der Waals surface area contributed by atoms with Gasteiger partial charge in [-0.2, -0.15) is 0 Å². The van der Waals surface area contributed by atoms with E-state index in [-0.39, 0.29) is 11.8 Å². The third-order valence-electron chi connectivity index (χ3n) is 4.62. The van der Waals surface area contributed by atoms with Gasteiger partial charge >= 0.3 is 0 Å². The van der Waals surface area contributed by atoms with Gasteiger partial charge in [-0.25, -0.2) is 13.2 Å². The van der Waals surface area contributed by atoms with E-state index < -0.39 is 12.6 Å². The number of likely N-dealkylation sites (tertiary alicyclic amines) is 2. The van der Waals surface area contributed by atoms with E-state index in [1.54, 1.807) is 0 Å². The van der Waals surface area contributed by atoms with Crippen LogP contribution in [0.15, 0.2) is 0 Å². The summed E-state index contributed by atoms with van der Waals surface area (Å²) in [4.78, 5) is 4.30. The van der Waals surface area contributed by atoms with Crippen LogP contribution in [0, 0.1) is 11.8 Å². The van der Waals surface area contributed by atoms with Gasteiger partial charge in [0.2, 0.25) is 6.43 Å². The van der Waals surface area contributed by atoms with Gasteiger partial charge < -0.3 is 4.90 Å². The normalized spacial score (nSPS) is 31.3. The van der Waals surface area contributed by atoms with Gasteiger partial charge in [0.05, 0.1) is 0 Å². The maximum Gasteiger partial charge on any atom is 0.242 e. The lowest BCUT2D eigenvalue weighted by Crippen LogP contribution is -2.29. The second-order valence-corrected chi connectivity index (χ2v) is 7.01. The van der Waals surface area contributed by atoms with Crippen molar-refractivity contribution >= 4 is 0 Å². The maximum absolute atomic E-state index is 12.9. The molecular formula is C16H31F3N2. The minimum Gasteiger partial charge on any atom is -0.300 e. The lowest BCUT2D eigenvalue weighted by atomic mass is 10.1. The Bertz CT molecular complexity index is 273. The van der Waals surface area contributed by atoms with Crippen LogP contribution >= 0.6 is 0 Å². The van der Waals surface area contributed by atoms with Gasteiger partial charge in [0.1, 0.15) is 6.17 Å². The summed E-state index contributed by atoms with van der Waals surface area (Å²) in [6.45, 7) is 13.3. The van der Waals surface area contributed by atoms with Crippen LogP contribution in [-0.2, 0) is 0 Å². The maximum atomic E-state index is 12.9. The van der Waals surface area contributed by atoms with Crippen molar-refractivity contribution in [3.05, 3.63) is 0 Å². The zero-order valence-corrected chi connectivity index (χ0v) is 14.0. The zero-order valence-electron chi connectivity index (χ0n) is 14.0. The summed E-state index contributed by atoms with van der Waals surface area (Å²) in [5.41, 5.74) is 0. The van der Waals surface area contributed by atoms with Crippen molar-refractivity contribution in [2.75, 3.05) is 26.2 Å². The molecule has 2 heterocycles. The Kier molecular flexibility index (Phi) is 7.48. The van der Waals surface area contributed by atoms with Gasteiger partial charge in [0, 0.05) is 43.6 Å². The first-order valence-electron chi connectivity index (χ1n) is 8.12. The molecule has 5 heteroatoms. The third-order valence-corrected chi connectivity index (χ3v) is 4.62. The lowest BCUT2D eigenvalue weighted by molar-refractivity contribution is 0.0786. The summed E-state index contributed by atoms with van der Waals surface area (Å²) in [5, 5.41) is 0. The average Bonchev–Trinajstić information content (AvgIpc) is 2.98. The monoisotopic (exact) mass is 308 g/mol. The molecule has 0 aliphatic carbocycles. The van der Waals surface area contributed by atoms with E-state index in [0.717, 1.165) is 13.1 Å². The van der Waals surface area contributed by atoms with Crippen LogP contribution in [0.3, 0.4) is 0 Å². The molecule has 2 aliphatic heterocycles. The highest BCUT2D eigenvalue weighted by molar-refractivity contribution is 4.82. The van der Waals surface area contributed by atoms with Crippen molar-refractivity contribution in [2.45, 2.75) is 65.7 Å². The molecule has 3 atom stereocenters. The van der Waals surface area contributed by atoms with E-state index in [0.29, 0.717) is 31.6 Å². The first kappa shape index (κ1) is 18.8. The van der Waals surface area contributed by atoms with Gasteiger partial charge in [0.25, 0.3) is 0 Å². The summed E-state index contributed by atoms with van der Waals surface area (Å²) in [6.07, 6.45) is -2.06. The second-order valence-electron chi connectivity index (χ2n) is 7.01. The molecule has 2 aliphatic rings. The van der Waals surface area contributed by atoms with Gasteiger partial charge in [-0.3, -0.25) is 4.90 Å². The molecule has 0 N–H and O–H groups in total. The molecule has 0 saturated carbocycles. The zero-order chi connectivity index (χ0) is 16.2. The molecular weight excluding hydrogens is 277 g/mol. The molecule has 2 fully saturated rings. The highest BCUT2D eigenvalue weighted by atomic mass is 19.3. The lowest BCUT2D eigenvalue weighted by Gasteiger charge is -2.19. The number of hydrogen-bond donors (Lipinski definition) is 0. The molecule has 0 amide bonds. The van der Waals surface area contributed by atoms with Gasteiger partial charge in [-0.05, 0) is 40.7 Å². The number of hydrogen-bond acceptors (Lipinski definition) is 2. The number of nitrogens with zero attached hydrogens (tertiary/aromatic N) is 2. The Hall–Kier alpha value is -0.290. The molecule has 0 radical (unpaired) electrons. The van der Waals surface area contributed by atoms with Crippen LogP contribution in [-0.4, -0.2) is 60.7 Å². The van der Waals surface area contributed by atoms with Crippen molar-refractivity contribution in [3.8, 4) is 0 Å². The first-order chi connectivity index (χ1) is 9.72. The van der Waals surface area contributed by atoms with Gasteiger partial charge in [-0.1, -0.05) is 6.92 Å². The average molecular weight is 308 g/mol. The highest BCUT2D eigenvalue weighted by Gasteiger charge is 2.31. The number of rotatable bonds is 3. The molecule has 3 unspecified atom stereocenters. The molecule has 21 heavy (non-hydrogen) atoms. The predicted molar refractivity (Wildman–Crippen MR) is 81.6 cm³/mol.